The van der Waals surface area contributed by atoms with E-state index < -0.39 is 0 Å². The summed E-state index contributed by atoms with van der Waals surface area (Å²) in [5, 5.41) is 1.40. The van der Waals surface area contributed by atoms with E-state index in [1.165, 1.54) is 11.3 Å². The molecule has 35 heavy (non-hydrogen) atoms. The standard InChI is InChI=1S/C28H28ClN3O2S/c1-20-24(29)12-13-25-26(20)30-28(35-25)32(15-5-14-31-16-18-34-19-17-31)27(33)23-10-8-22(9-11-23)21-6-3-2-4-7-21/h2-4,6-13H,5,14-19H2,1H3. The van der Waals surface area contributed by atoms with Gasteiger partial charge in [0.05, 0.1) is 23.4 Å². The molecule has 1 aliphatic heterocycles. The fraction of sp³-hybridized carbons (Fsp3) is 0.286. The predicted molar refractivity (Wildman–Crippen MR) is 145 cm³/mol. The Labute approximate surface area is 214 Å². The van der Waals surface area contributed by atoms with Crippen molar-refractivity contribution in [2.45, 2.75) is 13.3 Å². The van der Waals surface area contributed by atoms with Crippen molar-refractivity contribution in [3.05, 3.63) is 82.9 Å². The Kier molecular flexibility index (Phi) is 7.44. The van der Waals surface area contributed by atoms with Gasteiger partial charge in [-0.25, -0.2) is 4.98 Å². The Hall–Kier alpha value is -2.77. The third-order valence-electron chi connectivity index (χ3n) is 6.41. The number of ether oxygens (including phenoxy) is 1. The highest BCUT2D eigenvalue weighted by atomic mass is 35.5. The molecule has 0 unspecified atom stereocenters. The number of carbonyl (C=O) groups excluding carboxylic acids is 1. The van der Waals surface area contributed by atoms with E-state index in [1.807, 2.05) is 66.4 Å². The molecule has 0 aliphatic carbocycles. The number of benzene rings is 3. The van der Waals surface area contributed by atoms with Crippen molar-refractivity contribution in [3.63, 3.8) is 0 Å². The van der Waals surface area contributed by atoms with Crippen LogP contribution in [0.15, 0.2) is 66.7 Å². The third kappa shape index (κ3) is 5.41. The van der Waals surface area contributed by atoms with Crippen LogP contribution in [-0.4, -0.2) is 55.2 Å². The number of hydrogen-bond acceptors (Lipinski definition) is 5. The second-order valence-corrected chi connectivity index (χ2v) is 10.1. The lowest BCUT2D eigenvalue weighted by Crippen LogP contribution is -2.39. The average Bonchev–Trinajstić information content (AvgIpc) is 3.34. The molecule has 5 nitrogen and oxygen atoms in total. The molecule has 1 aliphatic rings. The molecule has 1 saturated heterocycles. The van der Waals surface area contributed by atoms with Crippen LogP contribution in [0.2, 0.25) is 5.02 Å². The first-order valence-electron chi connectivity index (χ1n) is 11.9. The lowest BCUT2D eigenvalue weighted by molar-refractivity contribution is 0.0376. The zero-order chi connectivity index (χ0) is 24.2. The molecule has 1 fully saturated rings. The largest absolute Gasteiger partial charge is 0.379 e. The van der Waals surface area contributed by atoms with Crippen molar-refractivity contribution in [2.24, 2.45) is 0 Å². The summed E-state index contributed by atoms with van der Waals surface area (Å²) in [4.78, 5) is 22.8. The molecule has 7 heteroatoms. The van der Waals surface area contributed by atoms with E-state index in [2.05, 4.69) is 17.0 Å². The van der Waals surface area contributed by atoms with Gasteiger partial charge in [-0.05, 0) is 54.3 Å². The first-order chi connectivity index (χ1) is 17.1. The van der Waals surface area contributed by atoms with Gasteiger partial charge < -0.3 is 4.74 Å². The fourth-order valence-corrected chi connectivity index (χ4v) is 5.56. The molecule has 3 aromatic carbocycles. The first-order valence-corrected chi connectivity index (χ1v) is 13.1. The molecule has 0 bridgehead atoms. The highest BCUT2D eigenvalue weighted by Crippen LogP contribution is 2.34. The van der Waals surface area contributed by atoms with E-state index in [4.69, 9.17) is 21.3 Å². The Balaban J connectivity index is 1.41. The molecule has 0 N–H and O–H groups in total. The number of nitrogens with zero attached hydrogens (tertiary/aromatic N) is 3. The normalized spacial score (nSPS) is 14.3. The van der Waals surface area contributed by atoms with Gasteiger partial charge in [0.2, 0.25) is 0 Å². The summed E-state index contributed by atoms with van der Waals surface area (Å²) in [6.07, 6.45) is 0.865. The van der Waals surface area contributed by atoms with Gasteiger partial charge >= 0.3 is 0 Å². The van der Waals surface area contributed by atoms with E-state index in [9.17, 15) is 4.79 Å². The van der Waals surface area contributed by atoms with Crippen LogP contribution in [0.5, 0.6) is 0 Å². The van der Waals surface area contributed by atoms with Gasteiger partial charge in [-0.1, -0.05) is 65.4 Å². The lowest BCUT2D eigenvalue weighted by atomic mass is 10.0. The highest BCUT2D eigenvalue weighted by Gasteiger charge is 2.23. The topological polar surface area (TPSA) is 45.7 Å². The molecule has 1 amide bonds. The van der Waals surface area contributed by atoms with E-state index in [0.29, 0.717) is 22.3 Å². The van der Waals surface area contributed by atoms with Crippen molar-refractivity contribution in [2.75, 3.05) is 44.3 Å². The SMILES string of the molecule is Cc1c(Cl)ccc2sc(N(CCCN3CCOCC3)C(=O)c3ccc(-c4ccccc4)cc3)nc12. The minimum atomic E-state index is -0.0330. The quantitative estimate of drug-likeness (QED) is 0.296. The molecule has 0 atom stereocenters. The molecule has 0 saturated carbocycles. The predicted octanol–water partition coefficient (Wildman–Crippen LogP) is 6.29. The smallest absolute Gasteiger partial charge is 0.260 e. The van der Waals surface area contributed by atoms with Gasteiger partial charge in [0.15, 0.2) is 5.13 Å². The second kappa shape index (κ2) is 10.9. The number of fused-ring (bicyclic) bond motifs is 1. The van der Waals surface area contributed by atoms with Crippen LogP contribution in [0.3, 0.4) is 0 Å². The van der Waals surface area contributed by atoms with Gasteiger partial charge in [0, 0.05) is 36.8 Å². The number of aryl methyl sites for hydroxylation is 1. The van der Waals surface area contributed by atoms with E-state index in [0.717, 1.165) is 66.2 Å². The van der Waals surface area contributed by atoms with Crippen molar-refractivity contribution in [3.8, 4) is 11.1 Å². The third-order valence-corrected chi connectivity index (χ3v) is 7.86. The van der Waals surface area contributed by atoms with Crippen LogP contribution < -0.4 is 4.90 Å². The molecule has 4 aromatic rings. The number of aromatic nitrogens is 1. The number of thiazole rings is 1. The second-order valence-electron chi connectivity index (χ2n) is 8.72. The number of anilines is 1. The maximum Gasteiger partial charge on any atom is 0.260 e. The summed E-state index contributed by atoms with van der Waals surface area (Å²) in [6, 6.07) is 21.9. The number of hydrogen-bond donors (Lipinski definition) is 0. The Bertz CT molecular complexity index is 1300. The Morgan fingerprint density at radius 2 is 1.74 bits per heavy atom. The molecule has 1 aromatic heterocycles. The summed E-state index contributed by atoms with van der Waals surface area (Å²) in [7, 11) is 0. The minimum absolute atomic E-state index is 0.0330. The van der Waals surface area contributed by atoms with Crippen molar-refractivity contribution in [1.29, 1.82) is 0 Å². The number of rotatable bonds is 7. The summed E-state index contributed by atoms with van der Waals surface area (Å²) in [6.45, 7) is 6.92. The van der Waals surface area contributed by atoms with Crippen LogP contribution in [-0.2, 0) is 4.74 Å². The Morgan fingerprint density at radius 3 is 2.49 bits per heavy atom. The van der Waals surface area contributed by atoms with Crippen LogP contribution in [0.1, 0.15) is 22.3 Å². The zero-order valence-corrected chi connectivity index (χ0v) is 21.3. The van der Waals surface area contributed by atoms with E-state index in [1.54, 1.807) is 0 Å². The summed E-state index contributed by atoms with van der Waals surface area (Å²) in [5.41, 5.74) is 4.69. The van der Waals surface area contributed by atoms with Gasteiger partial charge in [0.25, 0.3) is 5.91 Å². The monoisotopic (exact) mass is 505 g/mol. The van der Waals surface area contributed by atoms with Crippen LogP contribution in [0, 0.1) is 6.92 Å². The Morgan fingerprint density at radius 1 is 1.03 bits per heavy atom. The highest BCUT2D eigenvalue weighted by molar-refractivity contribution is 7.22. The zero-order valence-electron chi connectivity index (χ0n) is 19.7. The number of morpholine rings is 1. The fourth-order valence-electron chi connectivity index (χ4n) is 4.36. The summed E-state index contributed by atoms with van der Waals surface area (Å²) in [5.74, 6) is -0.0330. The maximum atomic E-state index is 13.7. The first kappa shape index (κ1) is 23.9. The molecule has 0 spiro atoms. The minimum Gasteiger partial charge on any atom is -0.379 e. The van der Waals surface area contributed by atoms with E-state index >= 15 is 0 Å². The average molecular weight is 506 g/mol. The number of halogens is 1. The van der Waals surface area contributed by atoms with Crippen LogP contribution in [0.4, 0.5) is 5.13 Å². The van der Waals surface area contributed by atoms with Crippen molar-refractivity contribution < 1.29 is 9.53 Å². The summed E-state index contributed by atoms with van der Waals surface area (Å²) >= 11 is 7.88. The van der Waals surface area contributed by atoms with Crippen LogP contribution >= 0.6 is 22.9 Å². The molecule has 2 heterocycles. The lowest BCUT2D eigenvalue weighted by Gasteiger charge is -2.27. The number of carbonyl (C=O) groups is 1. The number of amides is 1. The maximum absolute atomic E-state index is 13.7. The van der Waals surface area contributed by atoms with E-state index in [-0.39, 0.29) is 5.91 Å². The molecular formula is C28H28ClN3O2S. The van der Waals surface area contributed by atoms with Crippen LogP contribution in [0.25, 0.3) is 21.3 Å². The van der Waals surface area contributed by atoms with Gasteiger partial charge in [0.1, 0.15) is 0 Å². The molecule has 5 rings (SSSR count). The van der Waals surface area contributed by atoms with Gasteiger partial charge in [-0.3, -0.25) is 14.6 Å². The van der Waals surface area contributed by atoms with Crippen molar-refractivity contribution in [1.82, 2.24) is 9.88 Å². The summed E-state index contributed by atoms with van der Waals surface area (Å²) < 4.78 is 6.50. The molecule has 0 radical (unpaired) electrons. The molecule has 180 valence electrons. The van der Waals surface area contributed by atoms with Crippen molar-refractivity contribution >= 4 is 44.2 Å². The van der Waals surface area contributed by atoms with Gasteiger partial charge in [-0.2, -0.15) is 0 Å². The molecular weight excluding hydrogens is 478 g/mol. The van der Waals surface area contributed by atoms with Gasteiger partial charge in [-0.15, -0.1) is 0 Å².